The van der Waals surface area contributed by atoms with Gasteiger partial charge >= 0.3 is 5.97 Å². The van der Waals surface area contributed by atoms with Crippen LogP contribution in [0.4, 0.5) is 4.39 Å². The van der Waals surface area contributed by atoms with E-state index in [-0.39, 0.29) is 11.3 Å². The van der Waals surface area contributed by atoms with E-state index in [1.807, 2.05) is 0 Å². The molecule has 2 aromatic rings. The van der Waals surface area contributed by atoms with Gasteiger partial charge in [-0.25, -0.2) is 9.18 Å². The monoisotopic (exact) mass is 232 g/mol. The summed E-state index contributed by atoms with van der Waals surface area (Å²) in [5.74, 6) is -0.578. The van der Waals surface area contributed by atoms with E-state index in [1.54, 1.807) is 0 Å². The highest BCUT2D eigenvalue weighted by atomic mass is 19.1. The van der Waals surface area contributed by atoms with Crippen molar-refractivity contribution in [2.45, 2.75) is 0 Å². The van der Waals surface area contributed by atoms with Crippen molar-refractivity contribution in [3.63, 3.8) is 0 Å². The smallest absolute Gasteiger partial charge is 0.343 e. The third-order valence-electron chi connectivity index (χ3n) is 2.13. The van der Waals surface area contributed by atoms with Crippen LogP contribution in [0.2, 0.25) is 0 Å². The molecule has 1 N–H and O–H groups in total. The van der Waals surface area contributed by atoms with Gasteiger partial charge in [-0.1, -0.05) is 0 Å². The van der Waals surface area contributed by atoms with Crippen molar-refractivity contribution in [2.24, 2.45) is 0 Å². The van der Waals surface area contributed by atoms with Crippen molar-refractivity contribution >= 4 is 5.97 Å². The lowest BCUT2D eigenvalue weighted by molar-refractivity contribution is 0.0734. The minimum Gasteiger partial charge on any atom is -0.508 e. The fraction of sp³-hybridized carbons (Fsp3) is 0. The van der Waals surface area contributed by atoms with E-state index in [4.69, 9.17) is 9.84 Å². The average Bonchev–Trinajstić information content (AvgIpc) is 2.33. The molecule has 0 heterocycles. The number of aromatic hydroxyl groups is 1. The molecular formula is C13H9FO3. The molecule has 2 rings (SSSR count). The first kappa shape index (κ1) is 11.1. The summed E-state index contributed by atoms with van der Waals surface area (Å²) >= 11 is 0. The third kappa shape index (κ3) is 2.81. The molecule has 0 spiro atoms. The molecule has 0 amide bonds. The number of halogens is 1. The van der Waals surface area contributed by atoms with Crippen LogP contribution in [0.3, 0.4) is 0 Å². The average molecular weight is 232 g/mol. The van der Waals surface area contributed by atoms with Crippen molar-refractivity contribution in [3.8, 4) is 11.5 Å². The molecule has 0 fully saturated rings. The third-order valence-corrected chi connectivity index (χ3v) is 2.13. The molecule has 86 valence electrons. The van der Waals surface area contributed by atoms with Crippen LogP contribution in [-0.4, -0.2) is 11.1 Å². The Hall–Kier alpha value is -2.36. The highest BCUT2D eigenvalue weighted by Crippen LogP contribution is 2.17. The molecule has 0 saturated heterocycles. The SMILES string of the molecule is O=C(Oc1ccc(O)cc1)c1ccc(F)cc1. The lowest BCUT2D eigenvalue weighted by Gasteiger charge is -2.04. The predicted molar refractivity (Wildman–Crippen MR) is 59.5 cm³/mol. The summed E-state index contributed by atoms with van der Waals surface area (Å²) in [5, 5.41) is 9.06. The van der Waals surface area contributed by atoms with Crippen LogP contribution in [0.1, 0.15) is 10.4 Å². The number of carbonyl (C=O) groups excluding carboxylic acids is 1. The Kier molecular flexibility index (Phi) is 3.05. The first-order chi connectivity index (χ1) is 8.15. The number of phenols is 1. The number of ether oxygens (including phenoxy) is 1. The van der Waals surface area contributed by atoms with Gasteiger partial charge < -0.3 is 9.84 Å². The fourth-order valence-electron chi connectivity index (χ4n) is 1.27. The molecule has 0 aliphatic heterocycles. The molecule has 2 aromatic carbocycles. The van der Waals surface area contributed by atoms with Crippen molar-refractivity contribution in [1.29, 1.82) is 0 Å². The van der Waals surface area contributed by atoms with E-state index in [2.05, 4.69) is 0 Å². The van der Waals surface area contributed by atoms with Crippen molar-refractivity contribution in [2.75, 3.05) is 0 Å². The number of hydrogen-bond acceptors (Lipinski definition) is 3. The summed E-state index contributed by atoms with van der Waals surface area (Å²) in [6.07, 6.45) is 0. The van der Waals surface area contributed by atoms with Crippen LogP contribution >= 0.6 is 0 Å². The van der Waals surface area contributed by atoms with Gasteiger partial charge in [0.25, 0.3) is 0 Å². The highest BCUT2D eigenvalue weighted by molar-refractivity contribution is 5.90. The Balaban J connectivity index is 2.11. The molecule has 17 heavy (non-hydrogen) atoms. The van der Waals surface area contributed by atoms with Gasteiger partial charge in [0.05, 0.1) is 5.56 Å². The van der Waals surface area contributed by atoms with Crippen LogP contribution in [0.25, 0.3) is 0 Å². The summed E-state index contributed by atoms with van der Waals surface area (Å²) in [6.45, 7) is 0. The van der Waals surface area contributed by atoms with Gasteiger partial charge in [-0.3, -0.25) is 0 Å². The molecule has 0 atom stereocenters. The first-order valence-electron chi connectivity index (χ1n) is 4.92. The minimum atomic E-state index is -0.573. The largest absolute Gasteiger partial charge is 0.508 e. The van der Waals surface area contributed by atoms with Gasteiger partial charge in [-0.05, 0) is 48.5 Å². The first-order valence-corrected chi connectivity index (χ1v) is 4.92. The Labute approximate surface area is 97.1 Å². The van der Waals surface area contributed by atoms with E-state index in [9.17, 15) is 9.18 Å². The lowest BCUT2D eigenvalue weighted by atomic mass is 10.2. The molecular weight excluding hydrogens is 223 g/mol. The molecule has 0 aliphatic carbocycles. The quantitative estimate of drug-likeness (QED) is 0.639. The molecule has 0 aromatic heterocycles. The van der Waals surface area contributed by atoms with Gasteiger partial charge in [-0.15, -0.1) is 0 Å². The zero-order valence-corrected chi connectivity index (χ0v) is 8.76. The highest BCUT2D eigenvalue weighted by Gasteiger charge is 2.08. The molecule has 0 unspecified atom stereocenters. The second-order valence-electron chi connectivity index (χ2n) is 3.39. The standard InChI is InChI=1S/C13H9FO3/c14-10-3-1-9(2-4-10)13(16)17-12-7-5-11(15)6-8-12/h1-8,15H. The van der Waals surface area contributed by atoms with Gasteiger partial charge in [0.1, 0.15) is 17.3 Å². The van der Waals surface area contributed by atoms with Crippen LogP contribution in [-0.2, 0) is 0 Å². The Morgan fingerprint density at radius 3 is 2.18 bits per heavy atom. The van der Waals surface area contributed by atoms with Crippen LogP contribution in [0.15, 0.2) is 48.5 Å². The normalized spacial score (nSPS) is 9.94. The van der Waals surface area contributed by atoms with Gasteiger partial charge in [0, 0.05) is 0 Å². The molecule has 0 bridgehead atoms. The molecule has 0 aliphatic rings. The summed E-state index contributed by atoms with van der Waals surface area (Å²) in [5.41, 5.74) is 0.263. The summed E-state index contributed by atoms with van der Waals surface area (Å²) in [7, 11) is 0. The van der Waals surface area contributed by atoms with Gasteiger partial charge in [0.2, 0.25) is 0 Å². The zero-order valence-electron chi connectivity index (χ0n) is 8.76. The number of rotatable bonds is 2. The number of phenolic OH excluding ortho intramolecular Hbond substituents is 1. The fourth-order valence-corrected chi connectivity index (χ4v) is 1.27. The molecule has 0 radical (unpaired) electrons. The molecule has 0 saturated carbocycles. The Bertz CT molecular complexity index is 517. The Morgan fingerprint density at radius 2 is 1.59 bits per heavy atom. The topological polar surface area (TPSA) is 46.5 Å². The number of esters is 1. The minimum absolute atomic E-state index is 0.0894. The van der Waals surface area contributed by atoms with Gasteiger partial charge in [-0.2, -0.15) is 0 Å². The van der Waals surface area contributed by atoms with E-state index in [0.717, 1.165) is 0 Å². The molecule has 3 nitrogen and oxygen atoms in total. The summed E-state index contributed by atoms with van der Waals surface area (Å²) in [6, 6.07) is 10.8. The maximum absolute atomic E-state index is 12.6. The van der Waals surface area contributed by atoms with Crippen molar-refractivity contribution in [1.82, 2.24) is 0 Å². The summed E-state index contributed by atoms with van der Waals surface area (Å²) in [4.78, 5) is 11.6. The summed E-state index contributed by atoms with van der Waals surface area (Å²) < 4.78 is 17.7. The van der Waals surface area contributed by atoms with Crippen LogP contribution < -0.4 is 4.74 Å². The second-order valence-corrected chi connectivity index (χ2v) is 3.39. The van der Waals surface area contributed by atoms with Gasteiger partial charge in [0.15, 0.2) is 0 Å². The van der Waals surface area contributed by atoms with Crippen LogP contribution in [0, 0.1) is 5.82 Å². The maximum atomic E-state index is 12.6. The van der Waals surface area contributed by atoms with E-state index in [0.29, 0.717) is 5.75 Å². The zero-order chi connectivity index (χ0) is 12.3. The Morgan fingerprint density at radius 1 is 1.00 bits per heavy atom. The predicted octanol–water partition coefficient (Wildman–Crippen LogP) is 2.75. The second kappa shape index (κ2) is 4.65. The molecule has 4 heteroatoms. The van der Waals surface area contributed by atoms with Crippen LogP contribution in [0.5, 0.6) is 11.5 Å². The van der Waals surface area contributed by atoms with E-state index in [1.165, 1.54) is 48.5 Å². The number of carbonyl (C=O) groups is 1. The maximum Gasteiger partial charge on any atom is 0.343 e. The number of hydrogen-bond donors (Lipinski definition) is 1. The lowest BCUT2D eigenvalue weighted by Crippen LogP contribution is -2.08. The van der Waals surface area contributed by atoms with Crippen molar-refractivity contribution < 1.29 is 19.0 Å². The van der Waals surface area contributed by atoms with E-state index < -0.39 is 11.8 Å². The van der Waals surface area contributed by atoms with E-state index >= 15 is 0 Å². The number of benzene rings is 2. The van der Waals surface area contributed by atoms with Crippen molar-refractivity contribution in [3.05, 3.63) is 59.9 Å².